The molecule has 1 rings (SSSR count). The van der Waals surface area contributed by atoms with Crippen LogP contribution in [-0.2, 0) is 21.3 Å². The van der Waals surface area contributed by atoms with Gasteiger partial charge in [0.1, 0.15) is 11.5 Å². The number of benzene rings is 1. The third-order valence-electron chi connectivity index (χ3n) is 9.85. The van der Waals surface area contributed by atoms with Gasteiger partial charge in [0.25, 0.3) is 0 Å². The molecule has 0 unspecified atom stereocenters. The van der Waals surface area contributed by atoms with Crippen LogP contribution in [0.1, 0.15) is 216 Å². The summed E-state index contributed by atoms with van der Waals surface area (Å²) >= 11 is 15.2. The molecule has 6 heteroatoms. The zero-order valence-electron chi connectivity index (χ0n) is 31.4. The van der Waals surface area contributed by atoms with Crippen LogP contribution in [0.25, 0.3) is 0 Å². The lowest BCUT2D eigenvalue weighted by molar-refractivity contribution is 0.289. The van der Waals surface area contributed by atoms with Crippen molar-refractivity contribution in [1.29, 1.82) is 0 Å². The first-order valence-corrected chi connectivity index (χ1v) is 24.9. The number of rotatable bonds is 36. The van der Waals surface area contributed by atoms with Crippen molar-refractivity contribution < 1.29 is 9.47 Å². The average molecular weight is 931 g/mol. The summed E-state index contributed by atoms with van der Waals surface area (Å²) in [4.78, 5) is 0. The van der Waals surface area contributed by atoms with E-state index in [9.17, 15) is 0 Å². The Labute approximate surface area is 332 Å². The predicted molar refractivity (Wildman–Crippen MR) is 229 cm³/mol. The van der Waals surface area contributed by atoms with Crippen LogP contribution >= 0.6 is 63.7 Å². The van der Waals surface area contributed by atoms with Gasteiger partial charge in [0.2, 0.25) is 0 Å². The van der Waals surface area contributed by atoms with E-state index in [2.05, 4.69) is 77.6 Å². The molecule has 0 atom stereocenters. The van der Waals surface area contributed by atoms with Crippen LogP contribution in [0.2, 0.25) is 0 Å². The SMILES string of the molecule is CCCCCCCCCCCCCCCCOc1c(CBr)c(CBr)c(OCCCCCCCCCCCCCCCC)c(CBr)c1CBr. The number of halogens is 4. The van der Waals surface area contributed by atoms with Gasteiger partial charge in [-0.1, -0.05) is 245 Å². The molecule has 0 heterocycles. The van der Waals surface area contributed by atoms with Crippen LogP contribution in [0, 0.1) is 0 Å². The second-order valence-corrected chi connectivity index (χ2v) is 16.2. The molecule has 0 saturated carbocycles. The summed E-state index contributed by atoms with van der Waals surface area (Å²) in [6.07, 6.45) is 38.5. The standard InChI is InChI=1S/C42H74Br4O2/c1-3-5-7-9-11-13-15-17-19-21-23-25-27-29-31-47-41-37(33-43)39(35-45)42(40(36-46)38(41)34-44)48-32-30-28-26-24-22-20-18-16-14-12-10-8-6-4-2/h3-36H2,1-2H3. The maximum absolute atomic E-state index is 6.57. The van der Waals surface area contributed by atoms with Gasteiger partial charge in [-0.25, -0.2) is 0 Å². The molecule has 0 radical (unpaired) electrons. The minimum atomic E-state index is 0.764. The number of hydrogen-bond acceptors (Lipinski definition) is 2. The van der Waals surface area contributed by atoms with Crippen LogP contribution in [0.5, 0.6) is 11.5 Å². The second kappa shape index (κ2) is 34.8. The Hall–Kier alpha value is 0.740. The van der Waals surface area contributed by atoms with Gasteiger partial charge < -0.3 is 9.47 Å². The van der Waals surface area contributed by atoms with E-state index in [1.54, 1.807) is 0 Å². The number of unbranched alkanes of at least 4 members (excludes halogenated alkanes) is 26. The molecule has 0 N–H and O–H groups in total. The van der Waals surface area contributed by atoms with E-state index in [4.69, 9.17) is 9.47 Å². The van der Waals surface area contributed by atoms with Crippen molar-refractivity contribution in [2.45, 2.75) is 215 Å². The topological polar surface area (TPSA) is 18.5 Å². The largest absolute Gasteiger partial charge is 0.493 e. The van der Waals surface area contributed by atoms with Gasteiger partial charge in [0.05, 0.1) is 13.2 Å². The summed E-state index contributed by atoms with van der Waals surface area (Å²) in [5, 5.41) is 3.05. The van der Waals surface area contributed by atoms with E-state index in [-0.39, 0.29) is 0 Å². The molecular weight excluding hydrogens is 856 g/mol. The number of alkyl halides is 4. The molecule has 282 valence electrons. The normalized spacial score (nSPS) is 11.5. The Morgan fingerprint density at radius 1 is 0.292 bits per heavy atom. The van der Waals surface area contributed by atoms with Gasteiger partial charge in [0.15, 0.2) is 0 Å². The highest BCUT2D eigenvalue weighted by Gasteiger charge is 2.24. The smallest absolute Gasteiger partial charge is 0.128 e. The molecule has 48 heavy (non-hydrogen) atoms. The van der Waals surface area contributed by atoms with E-state index in [1.807, 2.05) is 0 Å². The summed E-state index contributed by atoms with van der Waals surface area (Å²) in [6, 6.07) is 0. The van der Waals surface area contributed by atoms with Crippen molar-refractivity contribution in [2.24, 2.45) is 0 Å². The van der Waals surface area contributed by atoms with Gasteiger partial charge in [-0.3, -0.25) is 0 Å². The molecule has 0 bridgehead atoms. The van der Waals surface area contributed by atoms with Gasteiger partial charge in [-0.2, -0.15) is 0 Å². The van der Waals surface area contributed by atoms with E-state index >= 15 is 0 Å². The average Bonchev–Trinajstić information content (AvgIpc) is 3.10. The summed E-state index contributed by atoms with van der Waals surface area (Å²) in [6.45, 7) is 6.15. The van der Waals surface area contributed by atoms with Gasteiger partial charge in [-0.15, -0.1) is 0 Å². The Kier molecular flexibility index (Phi) is 33.9. The van der Waals surface area contributed by atoms with Crippen LogP contribution in [-0.4, -0.2) is 13.2 Å². The van der Waals surface area contributed by atoms with Crippen molar-refractivity contribution in [1.82, 2.24) is 0 Å². The first-order chi connectivity index (χ1) is 23.7. The number of hydrogen-bond donors (Lipinski definition) is 0. The third-order valence-corrected chi connectivity index (χ3v) is 12.1. The zero-order valence-corrected chi connectivity index (χ0v) is 37.7. The van der Waals surface area contributed by atoms with E-state index in [0.717, 1.165) is 58.9 Å². The fourth-order valence-electron chi connectivity index (χ4n) is 6.77. The minimum absolute atomic E-state index is 0.764. The lowest BCUT2D eigenvalue weighted by Crippen LogP contribution is -2.11. The van der Waals surface area contributed by atoms with Crippen LogP contribution in [0.15, 0.2) is 0 Å². The molecule has 0 aliphatic carbocycles. The maximum Gasteiger partial charge on any atom is 0.128 e. The summed E-state index contributed by atoms with van der Waals surface area (Å²) in [5.74, 6) is 2.09. The zero-order chi connectivity index (χ0) is 34.9. The van der Waals surface area contributed by atoms with Crippen molar-refractivity contribution in [3.05, 3.63) is 22.3 Å². The lowest BCUT2D eigenvalue weighted by Gasteiger charge is -2.24. The van der Waals surface area contributed by atoms with Crippen LogP contribution in [0.3, 0.4) is 0 Å². The Balaban J connectivity index is 2.39. The molecule has 0 spiro atoms. The molecule has 1 aromatic carbocycles. The van der Waals surface area contributed by atoms with E-state index in [1.165, 1.54) is 189 Å². The van der Waals surface area contributed by atoms with E-state index < -0.39 is 0 Å². The molecule has 1 aromatic rings. The van der Waals surface area contributed by atoms with Gasteiger partial charge in [-0.05, 0) is 12.8 Å². The van der Waals surface area contributed by atoms with Crippen molar-refractivity contribution in [3.63, 3.8) is 0 Å². The lowest BCUT2D eigenvalue weighted by atomic mass is 9.98. The van der Waals surface area contributed by atoms with Crippen LogP contribution < -0.4 is 9.47 Å². The highest BCUT2D eigenvalue weighted by Crippen LogP contribution is 2.43. The highest BCUT2D eigenvalue weighted by atomic mass is 79.9. The molecule has 0 fully saturated rings. The molecule has 0 aliphatic rings. The summed E-state index contributed by atoms with van der Waals surface area (Å²) < 4.78 is 13.1. The minimum Gasteiger partial charge on any atom is -0.493 e. The summed E-state index contributed by atoms with van der Waals surface area (Å²) in [5.41, 5.74) is 4.92. The maximum atomic E-state index is 6.57. The Bertz CT molecular complexity index is 761. The molecule has 2 nitrogen and oxygen atoms in total. The monoisotopic (exact) mass is 926 g/mol. The molecule has 0 aliphatic heterocycles. The Morgan fingerprint density at radius 3 is 0.667 bits per heavy atom. The quantitative estimate of drug-likeness (QED) is 0.0493. The van der Waals surface area contributed by atoms with Crippen LogP contribution in [0.4, 0.5) is 0 Å². The first kappa shape index (κ1) is 46.8. The molecule has 0 amide bonds. The Morgan fingerprint density at radius 2 is 0.479 bits per heavy atom. The number of ether oxygens (including phenoxy) is 2. The second-order valence-electron chi connectivity index (χ2n) is 14.0. The van der Waals surface area contributed by atoms with Crippen molar-refractivity contribution in [2.75, 3.05) is 13.2 Å². The molecule has 0 saturated heterocycles. The van der Waals surface area contributed by atoms with Gasteiger partial charge >= 0.3 is 0 Å². The van der Waals surface area contributed by atoms with Crippen molar-refractivity contribution in [3.8, 4) is 11.5 Å². The van der Waals surface area contributed by atoms with Crippen molar-refractivity contribution >= 4 is 63.7 Å². The van der Waals surface area contributed by atoms with E-state index in [0.29, 0.717) is 0 Å². The van der Waals surface area contributed by atoms with Gasteiger partial charge in [0, 0.05) is 43.6 Å². The first-order valence-electron chi connectivity index (χ1n) is 20.4. The predicted octanol–water partition coefficient (Wildman–Crippen LogP) is 17.0. The highest BCUT2D eigenvalue weighted by molar-refractivity contribution is 9.09. The fraction of sp³-hybridized carbons (Fsp3) is 0.857. The fourth-order valence-corrected chi connectivity index (χ4v) is 9.14. The summed E-state index contributed by atoms with van der Waals surface area (Å²) in [7, 11) is 0. The molecule has 0 aromatic heterocycles. The molecular formula is C42H74Br4O2. The third kappa shape index (κ3) is 22.0.